The molecule has 4 amide bonds. The van der Waals surface area contributed by atoms with Gasteiger partial charge in [0, 0.05) is 69.2 Å². The van der Waals surface area contributed by atoms with Crippen molar-refractivity contribution in [1.82, 2.24) is 25.8 Å². The lowest BCUT2D eigenvalue weighted by Crippen LogP contribution is -2.59. The van der Waals surface area contributed by atoms with Crippen molar-refractivity contribution >= 4 is 67.5 Å². The second-order valence-electron chi connectivity index (χ2n) is 24.3. The van der Waals surface area contributed by atoms with Crippen LogP contribution in [0.2, 0.25) is 0 Å². The van der Waals surface area contributed by atoms with Crippen molar-refractivity contribution in [2.45, 2.75) is 87.1 Å². The van der Waals surface area contributed by atoms with Gasteiger partial charge in [0.1, 0.15) is 48.1 Å². The Morgan fingerprint density at radius 1 is 0.450 bits per heavy atom. The van der Waals surface area contributed by atoms with Gasteiger partial charge < -0.3 is 157 Å². The summed E-state index contributed by atoms with van der Waals surface area (Å²) in [6.45, 7) is 12.9. The molecule has 5 rings (SSSR count). The molecule has 0 aliphatic carbocycles. The molecule has 620 valence electrons. The Kier molecular flexibility index (Phi) is 46.7. The Hall–Kier alpha value is -5.61. The molecule has 0 saturated carbocycles. The lowest BCUT2D eigenvalue weighted by molar-refractivity contribution is -0.272. The molecule has 10 unspecified atom stereocenters. The SMILES string of the molecule is C=C(NCCOCCOCCOCCN(CCOCCOCCOCCNC(=S)Nc1ccc(OC2OC(CCP(=O)(O)O)C(O)C(O)C2O)cc1)C(=O)CCOCCOCCOCCOCCOCCOCCNC(=O)CCN1C(=O)C=CC1=O)Nc1ccc(OC2OC(CCP(=O)(O)O)C(O)C(O)C2O)cc1. The van der Waals surface area contributed by atoms with Gasteiger partial charge in [-0.3, -0.25) is 33.2 Å². The number of ether oxygens (including phenoxy) is 16. The number of benzene rings is 2. The largest absolute Gasteiger partial charge is 0.462 e. The fraction of sp³-hybridized carbons (Fsp3) is 0.687. The highest BCUT2D eigenvalue weighted by Crippen LogP contribution is 2.39. The third-order valence-corrected chi connectivity index (χ3v) is 17.8. The van der Waals surface area contributed by atoms with Crippen LogP contribution in [0.15, 0.2) is 73.1 Å². The monoisotopic (exact) mass is 1620 g/mol. The van der Waals surface area contributed by atoms with Gasteiger partial charge in [-0.05, 0) is 73.6 Å². The third-order valence-electron chi connectivity index (χ3n) is 15.8. The van der Waals surface area contributed by atoms with E-state index in [0.717, 1.165) is 4.90 Å². The van der Waals surface area contributed by atoms with Crippen LogP contribution in [0.4, 0.5) is 11.4 Å². The van der Waals surface area contributed by atoms with E-state index in [0.29, 0.717) is 135 Å². The van der Waals surface area contributed by atoms with Gasteiger partial charge in [-0.1, -0.05) is 6.58 Å². The number of nitrogens with one attached hydrogen (secondary N) is 5. The number of hydrogen-bond donors (Lipinski definition) is 15. The van der Waals surface area contributed by atoms with Gasteiger partial charge in [-0.15, -0.1) is 0 Å². The molecule has 3 aliphatic heterocycles. The molecule has 0 spiro atoms. The quantitative estimate of drug-likeness (QED) is 0.0141. The number of thiocarbonyl (C=S) groups is 1. The second kappa shape index (κ2) is 54.2. The maximum Gasteiger partial charge on any atom is 0.325 e. The minimum atomic E-state index is -4.41. The highest BCUT2D eigenvalue weighted by Gasteiger charge is 2.47. The molecule has 3 aliphatic rings. The smallest absolute Gasteiger partial charge is 0.325 e. The molecule has 0 bridgehead atoms. The first kappa shape index (κ1) is 94.0. The Balaban J connectivity index is 0.875. The highest BCUT2D eigenvalue weighted by atomic mass is 32.1. The van der Waals surface area contributed by atoms with E-state index in [2.05, 4.69) is 33.2 Å². The molecule has 2 aromatic carbocycles. The van der Waals surface area contributed by atoms with Crippen LogP contribution >= 0.6 is 27.4 Å². The van der Waals surface area contributed by atoms with Crippen molar-refractivity contribution in [3.63, 3.8) is 0 Å². The van der Waals surface area contributed by atoms with Gasteiger partial charge in [-0.2, -0.15) is 0 Å². The summed E-state index contributed by atoms with van der Waals surface area (Å²) in [5.41, 5.74) is 1.22. The summed E-state index contributed by atoms with van der Waals surface area (Å²) in [5, 5.41) is 77.1. The fourth-order valence-electron chi connectivity index (χ4n) is 10.0. The molecule has 0 aromatic heterocycles. The van der Waals surface area contributed by atoms with Crippen LogP contribution in [0.25, 0.3) is 0 Å². The molecular formula is C67H109N7O32P2S. The standard InChI is InChI=1S/C67H109N7O32P2S/c1-48(71-49-2-6-51(7-3-49)103-65-63(83)61(81)59(79)53(105-65)14-46-107(85,86)87)68-16-23-92-29-35-98-38-32-95-26-20-73(56(76)13-22-91-28-34-97-40-42-101-44-45-102-43-41-100-36-30-93-24-17-69-55(75)12-19-74-57(77)10-11-58(74)78)21-27-96-33-39-99-37-31-94-25-18-70-67(109)72-50-4-8-52(9-5-50)104-66-64(84)62(82)60(80)54(106-66)15-47-108(88,89)90/h2-11,53-54,59-66,68,71,79-84H,1,12-47H2,(H,69,75)(H2,70,72,109)(H2,85,86,87)(H2,88,89,90). The minimum absolute atomic E-state index is 0.00974. The van der Waals surface area contributed by atoms with Crippen LogP contribution < -0.4 is 36.1 Å². The summed E-state index contributed by atoms with van der Waals surface area (Å²) in [6, 6.07) is 12.8. The van der Waals surface area contributed by atoms with Crippen LogP contribution in [0.3, 0.4) is 0 Å². The Labute approximate surface area is 637 Å². The number of anilines is 2. The number of nitrogens with zero attached hydrogens (tertiary/aromatic N) is 2. The topological polar surface area (TPSA) is 519 Å². The third kappa shape index (κ3) is 41.1. The van der Waals surface area contributed by atoms with E-state index in [9.17, 15) is 78.5 Å². The van der Waals surface area contributed by atoms with E-state index in [1.165, 1.54) is 12.2 Å². The normalized spacial score (nSPS) is 20.8. The minimum Gasteiger partial charge on any atom is -0.462 e. The maximum absolute atomic E-state index is 13.4. The van der Waals surface area contributed by atoms with E-state index in [1.54, 1.807) is 53.4 Å². The lowest BCUT2D eigenvalue weighted by Gasteiger charge is -2.40. The zero-order chi connectivity index (χ0) is 79.1. The molecule has 15 N–H and O–H groups in total. The number of hydrogen-bond acceptors (Lipinski definition) is 31. The van der Waals surface area contributed by atoms with Gasteiger partial charge in [0.15, 0.2) is 5.11 Å². The van der Waals surface area contributed by atoms with E-state index in [1.807, 2.05) is 0 Å². The summed E-state index contributed by atoms with van der Waals surface area (Å²) < 4.78 is 113. The summed E-state index contributed by atoms with van der Waals surface area (Å²) >= 11 is 5.38. The van der Waals surface area contributed by atoms with Gasteiger partial charge in [-0.25, -0.2) is 0 Å². The van der Waals surface area contributed by atoms with Gasteiger partial charge in [0.05, 0.1) is 195 Å². The molecule has 10 atom stereocenters. The number of aliphatic hydroxyl groups excluding tert-OH is 6. The van der Waals surface area contributed by atoms with Crippen LogP contribution in [0.5, 0.6) is 11.5 Å². The summed E-state index contributed by atoms with van der Waals surface area (Å²) in [5.74, 6) is -0.339. The molecule has 42 heteroatoms. The molecule has 3 heterocycles. The maximum atomic E-state index is 13.4. The number of carbonyl (C=O) groups excluding carboxylic acids is 4. The number of carbonyl (C=O) groups is 4. The average Bonchev–Trinajstić information content (AvgIpc) is 0.987. The number of amides is 4. The second-order valence-corrected chi connectivity index (χ2v) is 28.3. The van der Waals surface area contributed by atoms with E-state index < -0.39 is 101 Å². The van der Waals surface area contributed by atoms with Gasteiger partial charge in [0.25, 0.3) is 11.8 Å². The Morgan fingerprint density at radius 3 is 1.17 bits per heavy atom. The first-order valence-corrected chi connectivity index (χ1v) is 39.6. The number of rotatable bonds is 62. The van der Waals surface area contributed by atoms with Crippen LogP contribution in [0.1, 0.15) is 25.7 Å². The van der Waals surface area contributed by atoms with Gasteiger partial charge in [0.2, 0.25) is 24.4 Å². The molecule has 2 aromatic rings. The molecule has 2 saturated heterocycles. The zero-order valence-corrected chi connectivity index (χ0v) is 63.5. The highest BCUT2D eigenvalue weighted by molar-refractivity contribution is 7.80. The predicted octanol–water partition coefficient (Wildman–Crippen LogP) is -2.50. The molecular weight excluding hydrogens is 1510 g/mol. The van der Waals surface area contributed by atoms with Gasteiger partial charge >= 0.3 is 15.2 Å². The molecule has 39 nitrogen and oxygen atoms in total. The summed E-state index contributed by atoms with van der Waals surface area (Å²) in [4.78, 5) is 88.0. The Bertz CT molecular complexity index is 2880. The first-order valence-electron chi connectivity index (χ1n) is 35.6. The molecule has 2 fully saturated rings. The average molecular weight is 1620 g/mol. The van der Waals surface area contributed by atoms with E-state index in [-0.39, 0.29) is 135 Å². The number of aliphatic hydroxyl groups is 6. The van der Waals surface area contributed by atoms with Crippen molar-refractivity contribution in [2.24, 2.45) is 0 Å². The van der Waals surface area contributed by atoms with Crippen molar-refractivity contribution in [3.05, 3.63) is 73.1 Å². The lowest BCUT2D eigenvalue weighted by atomic mass is 9.97. The van der Waals surface area contributed by atoms with E-state index in [4.69, 9.17) is 88.0 Å². The van der Waals surface area contributed by atoms with Crippen molar-refractivity contribution in [2.75, 3.05) is 221 Å². The zero-order valence-electron chi connectivity index (χ0n) is 60.9. The molecule has 0 radical (unpaired) electrons. The van der Waals surface area contributed by atoms with Crippen LogP contribution in [-0.4, -0.2) is 360 Å². The molecule has 109 heavy (non-hydrogen) atoms. The Morgan fingerprint density at radius 2 is 0.789 bits per heavy atom. The number of imide groups is 1. The predicted molar refractivity (Wildman–Crippen MR) is 390 cm³/mol. The van der Waals surface area contributed by atoms with Crippen molar-refractivity contribution in [1.29, 1.82) is 0 Å². The fourth-order valence-corrected chi connectivity index (χ4v) is 11.4. The summed E-state index contributed by atoms with van der Waals surface area (Å²) in [7, 11) is -8.81. The van der Waals surface area contributed by atoms with Crippen LogP contribution in [0, 0.1) is 0 Å². The van der Waals surface area contributed by atoms with Crippen molar-refractivity contribution in [3.8, 4) is 11.5 Å². The van der Waals surface area contributed by atoms with Crippen LogP contribution in [-0.2, 0) is 94.6 Å². The van der Waals surface area contributed by atoms with E-state index >= 15 is 0 Å². The first-order chi connectivity index (χ1) is 52.4. The van der Waals surface area contributed by atoms with Crippen molar-refractivity contribution < 1.29 is 154 Å². The summed E-state index contributed by atoms with van der Waals surface area (Å²) in [6.07, 6.45) is -14.2.